The van der Waals surface area contributed by atoms with E-state index < -0.39 is 5.82 Å². The van der Waals surface area contributed by atoms with E-state index in [2.05, 4.69) is 20.6 Å². The van der Waals surface area contributed by atoms with Crippen LogP contribution in [0.1, 0.15) is 6.92 Å². The number of hydrogen-bond acceptors (Lipinski definition) is 6. The van der Waals surface area contributed by atoms with Gasteiger partial charge in [-0.05, 0) is 19.1 Å². The van der Waals surface area contributed by atoms with E-state index in [1.165, 1.54) is 19.2 Å². The first-order valence-corrected chi connectivity index (χ1v) is 6.11. The summed E-state index contributed by atoms with van der Waals surface area (Å²) in [7, 11) is 1.42. The number of anilines is 4. The number of rotatable bonds is 5. The van der Waals surface area contributed by atoms with Crippen LogP contribution in [0.4, 0.5) is 27.7 Å². The van der Waals surface area contributed by atoms with Gasteiger partial charge in [-0.2, -0.15) is 9.97 Å². The van der Waals surface area contributed by atoms with Gasteiger partial charge in [-0.1, -0.05) is 0 Å². The topological polar surface area (TPSA) is 85.1 Å². The van der Waals surface area contributed by atoms with E-state index in [4.69, 9.17) is 10.5 Å². The number of nitrogen functional groups attached to an aromatic ring is 1. The number of methoxy groups -OCH3 is 1. The summed E-state index contributed by atoms with van der Waals surface area (Å²) >= 11 is 0. The average molecular weight is 277 g/mol. The lowest BCUT2D eigenvalue weighted by molar-refractivity contribution is 0.386. The fraction of sp³-hybridized carbons (Fsp3) is 0.231. The first-order valence-electron chi connectivity index (χ1n) is 6.11. The van der Waals surface area contributed by atoms with Crippen molar-refractivity contribution in [1.82, 2.24) is 9.97 Å². The molecule has 1 aromatic carbocycles. The Labute approximate surface area is 116 Å². The van der Waals surface area contributed by atoms with Crippen LogP contribution in [0.5, 0.6) is 5.75 Å². The summed E-state index contributed by atoms with van der Waals surface area (Å²) in [6.45, 7) is 2.66. The molecule has 106 valence electrons. The molecule has 0 aliphatic rings. The summed E-state index contributed by atoms with van der Waals surface area (Å²) in [4.78, 5) is 8.08. The first-order chi connectivity index (χ1) is 9.62. The van der Waals surface area contributed by atoms with Crippen LogP contribution in [0.25, 0.3) is 0 Å². The van der Waals surface area contributed by atoms with E-state index in [0.29, 0.717) is 23.9 Å². The molecule has 0 radical (unpaired) electrons. The van der Waals surface area contributed by atoms with Gasteiger partial charge < -0.3 is 21.1 Å². The number of ether oxygens (including phenoxy) is 1. The van der Waals surface area contributed by atoms with Gasteiger partial charge in [0.1, 0.15) is 11.6 Å². The Balaban J connectivity index is 2.23. The van der Waals surface area contributed by atoms with Gasteiger partial charge >= 0.3 is 0 Å². The van der Waals surface area contributed by atoms with Crippen LogP contribution in [-0.4, -0.2) is 23.6 Å². The molecule has 1 heterocycles. The smallest absolute Gasteiger partial charge is 0.223 e. The van der Waals surface area contributed by atoms with E-state index in [0.717, 1.165) is 0 Å². The molecule has 0 aliphatic carbocycles. The highest BCUT2D eigenvalue weighted by Gasteiger charge is 2.06. The maximum atomic E-state index is 13.6. The second kappa shape index (κ2) is 6.05. The number of nitrogens with zero attached hydrogens (tertiary/aromatic N) is 2. The zero-order valence-corrected chi connectivity index (χ0v) is 11.3. The number of aromatic nitrogens is 2. The largest absolute Gasteiger partial charge is 0.494 e. The van der Waals surface area contributed by atoms with E-state index >= 15 is 0 Å². The maximum Gasteiger partial charge on any atom is 0.223 e. The van der Waals surface area contributed by atoms with Crippen LogP contribution in [-0.2, 0) is 0 Å². The molecule has 7 heteroatoms. The fourth-order valence-corrected chi connectivity index (χ4v) is 1.69. The van der Waals surface area contributed by atoms with Crippen LogP contribution in [0, 0.1) is 5.82 Å². The van der Waals surface area contributed by atoms with Crippen molar-refractivity contribution in [1.29, 1.82) is 0 Å². The Bertz CT molecular complexity index is 605. The van der Waals surface area contributed by atoms with E-state index in [9.17, 15) is 4.39 Å². The van der Waals surface area contributed by atoms with Gasteiger partial charge in [0.2, 0.25) is 5.95 Å². The van der Waals surface area contributed by atoms with Gasteiger partial charge in [0, 0.05) is 24.4 Å². The molecule has 0 atom stereocenters. The summed E-state index contributed by atoms with van der Waals surface area (Å²) in [5.41, 5.74) is 6.17. The Morgan fingerprint density at radius 1 is 1.25 bits per heavy atom. The summed E-state index contributed by atoms with van der Waals surface area (Å²) in [5.74, 6) is 0.965. The third-order valence-electron chi connectivity index (χ3n) is 2.53. The Kier molecular flexibility index (Phi) is 4.19. The molecule has 0 saturated heterocycles. The lowest BCUT2D eigenvalue weighted by atomic mass is 10.3. The number of benzene rings is 1. The van der Waals surface area contributed by atoms with Crippen molar-refractivity contribution in [3.05, 3.63) is 30.1 Å². The normalized spacial score (nSPS) is 10.2. The summed E-state index contributed by atoms with van der Waals surface area (Å²) in [6.07, 6.45) is 0. The summed E-state index contributed by atoms with van der Waals surface area (Å²) in [6, 6.07) is 6.24. The second-order valence-corrected chi connectivity index (χ2v) is 4.00. The zero-order valence-electron chi connectivity index (χ0n) is 11.3. The van der Waals surface area contributed by atoms with Gasteiger partial charge in [-0.25, -0.2) is 4.39 Å². The highest BCUT2D eigenvalue weighted by Crippen LogP contribution is 2.23. The molecule has 4 N–H and O–H groups in total. The van der Waals surface area contributed by atoms with Gasteiger partial charge in [0.05, 0.1) is 7.11 Å². The highest BCUT2D eigenvalue weighted by atomic mass is 19.1. The molecular weight excluding hydrogens is 261 g/mol. The van der Waals surface area contributed by atoms with Crippen LogP contribution in [0.2, 0.25) is 0 Å². The molecular formula is C13H16FN5O. The van der Waals surface area contributed by atoms with Crippen molar-refractivity contribution in [2.45, 2.75) is 6.92 Å². The summed E-state index contributed by atoms with van der Waals surface area (Å²) in [5, 5.41) is 6.01. The minimum absolute atomic E-state index is 0.139. The minimum Gasteiger partial charge on any atom is -0.494 e. The van der Waals surface area contributed by atoms with Crippen LogP contribution >= 0.6 is 0 Å². The van der Waals surface area contributed by atoms with Crippen molar-refractivity contribution in [2.24, 2.45) is 0 Å². The highest BCUT2D eigenvalue weighted by molar-refractivity contribution is 5.61. The van der Waals surface area contributed by atoms with Gasteiger partial charge in [0.15, 0.2) is 11.6 Å². The zero-order chi connectivity index (χ0) is 14.5. The van der Waals surface area contributed by atoms with Crippen LogP contribution in [0.15, 0.2) is 24.3 Å². The average Bonchev–Trinajstić information content (AvgIpc) is 2.38. The molecule has 2 aromatic rings. The lowest BCUT2D eigenvalue weighted by Crippen LogP contribution is -2.05. The lowest BCUT2D eigenvalue weighted by Gasteiger charge is -2.10. The number of hydrogen-bond donors (Lipinski definition) is 3. The summed E-state index contributed by atoms with van der Waals surface area (Å²) < 4.78 is 18.5. The first kappa shape index (κ1) is 13.9. The minimum atomic E-state index is -0.452. The molecule has 0 amide bonds. The van der Waals surface area contributed by atoms with Gasteiger partial charge in [0.25, 0.3) is 0 Å². The standard InChI is InChI=1S/C13H16FN5O/c1-3-16-11-7-12(19-13(15)18-11)17-8-4-5-10(20-2)9(14)6-8/h4-7H,3H2,1-2H3,(H4,15,16,17,18,19). The monoisotopic (exact) mass is 277 g/mol. The molecule has 0 fully saturated rings. The van der Waals surface area contributed by atoms with Crippen molar-refractivity contribution < 1.29 is 9.13 Å². The maximum absolute atomic E-state index is 13.6. The quantitative estimate of drug-likeness (QED) is 0.778. The predicted molar refractivity (Wildman–Crippen MR) is 76.8 cm³/mol. The fourth-order valence-electron chi connectivity index (χ4n) is 1.69. The SMILES string of the molecule is CCNc1cc(Nc2ccc(OC)c(F)c2)nc(N)n1. The molecule has 6 nitrogen and oxygen atoms in total. The van der Waals surface area contributed by atoms with Gasteiger partial charge in [-0.3, -0.25) is 0 Å². The van der Waals surface area contributed by atoms with Crippen LogP contribution in [0.3, 0.4) is 0 Å². The molecule has 0 unspecified atom stereocenters. The van der Waals surface area contributed by atoms with E-state index in [1.54, 1.807) is 12.1 Å². The van der Waals surface area contributed by atoms with Crippen molar-refractivity contribution >= 4 is 23.3 Å². The molecule has 20 heavy (non-hydrogen) atoms. The van der Waals surface area contributed by atoms with Crippen molar-refractivity contribution in [3.63, 3.8) is 0 Å². The van der Waals surface area contributed by atoms with E-state index in [-0.39, 0.29) is 11.7 Å². The Morgan fingerprint density at radius 2 is 2.00 bits per heavy atom. The van der Waals surface area contributed by atoms with E-state index in [1.807, 2.05) is 6.92 Å². The number of nitrogens with two attached hydrogens (primary N) is 1. The second-order valence-electron chi connectivity index (χ2n) is 4.00. The number of halogens is 1. The van der Waals surface area contributed by atoms with Crippen molar-refractivity contribution in [3.8, 4) is 5.75 Å². The van der Waals surface area contributed by atoms with Gasteiger partial charge in [-0.15, -0.1) is 0 Å². The van der Waals surface area contributed by atoms with Crippen molar-refractivity contribution in [2.75, 3.05) is 30.0 Å². The third kappa shape index (κ3) is 3.25. The molecule has 0 spiro atoms. The third-order valence-corrected chi connectivity index (χ3v) is 2.53. The Hall–Kier alpha value is -2.57. The predicted octanol–water partition coefficient (Wildman–Crippen LogP) is 2.38. The molecule has 0 bridgehead atoms. The van der Waals surface area contributed by atoms with Crippen LogP contribution < -0.4 is 21.1 Å². The Morgan fingerprint density at radius 3 is 2.65 bits per heavy atom. The molecule has 1 aromatic heterocycles. The number of nitrogens with one attached hydrogen (secondary N) is 2. The molecule has 2 rings (SSSR count). The molecule has 0 saturated carbocycles. The molecule has 0 aliphatic heterocycles.